The van der Waals surface area contributed by atoms with E-state index in [1.807, 2.05) is 6.07 Å². The van der Waals surface area contributed by atoms with E-state index < -0.39 is 0 Å². The maximum absolute atomic E-state index is 13.4. The molecule has 0 spiro atoms. The number of hydrogen-bond donors (Lipinski definition) is 1. The normalized spacial score (nSPS) is 15.1. The number of unbranched alkanes of at least 4 members (excludes halogenated alkanes) is 1. The van der Waals surface area contributed by atoms with Crippen molar-refractivity contribution >= 4 is 11.0 Å². The number of hydrogen-bond acceptors (Lipinski definition) is 3. The molecule has 1 saturated carbocycles. The number of aliphatic hydroxyl groups is 1. The van der Waals surface area contributed by atoms with E-state index in [0.29, 0.717) is 6.04 Å². The van der Waals surface area contributed by atoms with Gasteiger partial charge in [-0.05, 0) is 51.3 Å². The van der Waals surface area contributed by atoms with E-state index in [1.54, 1.807) is 0 Å². The van der Waals surface area contributed by atoms with Crippen LogP contribution < -0.4 is 0 Å². The van der Waals surface area contributed by atoms with Crippen molar-refractivity contribution in [2.75, 3.05) is 13.2 Å². The topological polar surface area (TPSA) is 41.3 Å². The Morgan fingerprint density at radius 3 is 2.86 bits per heavy atom. The van der Waals surface area contributed by atoms with Crippen LogP contribution in [0, 0.1) is 5.82 Å². The quantitative estimate of drug-likeness (QED) is 0.762. The summed E-state index contributed by atoms with van der Waals surface area (Å²) in [6, 6.07) is 5.48. The largest absolute Gasteiger partial charge is 0.396 e. The van der Waals surface area contributed by atoms with Crippen LogP contribution in [0.15, 0.2) is 18.2 Å². The Bertz CT molecular complexity index is 636. The van der Waals surface area contributed by atoms with Crippen LogP contribution in [0.4, 0.5) is 4.39 Å². The van der Waals surface area contributed by atoms with Crippen LogP contribution >= 0.6 is 0 Å². The van der Waals surface area contributed by atoms with Crippen LogP contribution in [0.2, 0.25) is 0 Å². The molecule has 120 valence electrons. The molecular weight excluding hydrogens is 281 g/mol. The van der Waals surface area contributed by atoms with Crippen molar-refractivity contribution in [2.45, 2.75) is 51.7 Å². The van der Waals surface area contributed by atoms with Gasteiger partial charge in [0.05, 0.1) is 17.6 Å². The zero-order chi connectivity index (χ0) is 15.5. The average Bonchev–Trinajstić information content (AvgIpc) is 3.28. The molecule has 0 bridgehead atoms. The first-order valence-corrected chi connectivity index (χ1v) is 8.22. The van der Waals surface area contributed by atoms with Crippen molar-refractivity contribution in [2.24, 2.45) is 0 Å². The van der Waals surface area contributed by atoms with E-state index in [1.165, 1.54) is 25.0 Å². The minimum Gasteiger partial charge on any atom is -0.396 e. The summed E-state index contributed by atoms with van der Waals surface area (Å²) in [6.07, 6.45) is 4.35. The summed E-state index contributed by atoms with van der Waals surface area (Å²) in [4.78, 5) is 7.11. The van der Waals surface area contributed by atoms with Gasteiger partial charge in [0.15, 0.2) is 0 Å². The number of halogens is 1. The maximum atomic E-state index is 13.4. The van der Waals surface area contributed by atoms with E-state index in [0.717, 1.165) is 49.3 Å². The van der Waals surface area contributed by atoms with E-state index in [9.17, 15) is 4.39 Å². The maximum Gasteiger partial charge on any atom is 0.125 e. The summed E-state index contributed by atoms with van der Waals surface area (Å²) in [6.45, 7) is 4.99. The molecule has 5 heteroatoms. The standard InChI is InChI=1S/C17H24FN3O/c1-2-21-16-8-5-13(18)11-15(16)19-17(21)12-20(14-6-7-14)9-3-4-10-22/h5,8,11,14,22H,2-4,6-7,9-10,12H2,1H3. The monoisotopic (exact) mass is 305 g/mol. The molecule has 1 N–H and O–H groups in total. The van der Waals surface area contributed by atoms with Crippen molar-refractivity contribution < 1.29 is 9.50 Å². The first-order chi connectivity index (χ1) is 10.7. The van der Waals surface area contributed by atoms with Crippen molar-refractivity contribution in [1.82, 2.24) is 14.5 Å². The minimum absolute atomic E-state index is 0.234. The molecule has 0 atom stereocenters. The highest BCUT2D eigenvalue weighted by Crippen LogP contribution is 2.29. The summed E-state index contributed by atoms with van der Waals surface area (Å²) in [5.74, 6) is 0.779. The van der Waals surface area contributed by atoms with Gasteiger partial charge < -0.3 is 9.67 Å². The Balaban J connectivity index is 1.81. The van der Waals surface area contributed by atoms with Crippen molar-refractivity contribution in [3.63, 3.8) is 0 Å². The molecule has 0 unspecified atom stereocenters. The smallest absolute Gasteiger partial charge is 0.125 e. The molecule has 1 aromatic carbocycles. The zero-order valence-electron chi connectivity index (χ0n) is 13.1. The summed E-state index contributed by atoms with van der Waals surface area (Å²) in [7, 11) is 0. The molecule has 1 heterocycles. The van der Waals surface area contributed by atoms with Crippen molar-refractivity contribution in [3.05, 3.63) is 29.8 Å². The lowest BCUT2D eigenvalue weighted by molar-refractivity contribution is 0.223. The van der Waals surface area contributed by atoms with Gasteiger partial charge in [0.2, 0.25) is 0 Å². The molecule has 4 nitrogen and oxygen atoms in total. The Kier molecular flexibility index (Phi) is 4.74. The molecule has 1 fully saturated rings. The third-order valence-corrected chi connectivity index (χ3v) is 4.37. The Morgan fingerprint density at radius 1 is 1.36 bits per heavy atom. The second kappa shape index (κ2) is 6.75. The third kappa shape index (κ3) is 3.31. The molecule has 0 radical (unpaired) electrons. The first-order valence-electron chi connectivity index (χ1n) is 8.22. The van der Waals surface area contributed by atoms with Gasteiger partial charge in [0.1, 0.15) is 11.6 Å². The van der Waals surface area contributed by atoms with E-state index in [4.69, 9.17) is 5.11 Å². The number of aliphatic hydroxyl groups excluding tert-OH is 1. The van der Waals surface area contributed by atoms with Crippen LogP contribution in [0.25, 0.3) is 11.0 Å². The van der Waals surface area contributed by atoms with Gasteiger partial charge in [0.25, 0.3) is 0 Å². The number of aryl methyl sites for hydroxylation is 1. The van der Waals surface area contributed by atoms with Crippen molar-refractivity contribution in [3.8, 4) is 0 Å². The van der Waals surface area contributed by atoms with Gasteiger partial charge in [-0.1, -0.05) is 0 Å². The molecule has 22 heavy (non-hydrogen) atoms. The first kappa shape index (κ1) is 15.4. The SMILES string of the molecule is CCn1c(CN(CCCCO)C2CC2)nc2cc(F)ccc21. The second-order valence-electron chi connectivity index (χ2n) is 6.04. The van der Waals surface area contributed by atoms with Gasteiger partial charge in [-0.25, -0.2) is 9.37 Å². The van der Waals surface area contributed by atoms with Crippen LogP contribution in [-0.2, 0) is 13.1 Å². The third-order valence-electron chi connectivity index (χ3n) is 4.37. The van der Waals surface area contributed by atoms with Crippen LogP contribution in [0.3, 0.4) is 0 Å². The molecule has 0 saturated heterocycles. The van der Waals surface area contributed by atoms with Crippen LogP contribution in [-0.4, -0.2) is 38.8 Å². The molecular formula is C17H24FN3O. The van der Waals surface area contributed by atoms with Crippen LogP contribution in [0.5, 0.6) is 0 Å². The molecule has 0 aliphatic heterocycles. The number of imidazole rings is 1. The van der Waals surface area contributed by atoms with E-state index in [-0.39, 0.29) is 12.4 Å². The molecule has 1 aromatic heterocycles. The highest BCUT2D eigenvalue weighted by Gasteiger charge is 2.29. The number of fused-ring (bicyclic) bond motifs is 1. The summed E-state index contributed by atoms with van der Waals surface area (Å²) in [5, 5.41) is 8.96. The lowest BCUT2D eigenvalue weighted by atomic mass is 10.3. The Morgan fingerprint density at radius 2 is 2.18 bits per heavy atom. The molecule has 1 aliphatic carbocycles. The molecule has 2 aromatic rings. The predicted molar refractivity (Wildman–Crippen MR) is 85.1 cm³/mol. The molecule has 1 aliphatic rings. The number of nitrogens with zero attached hydrogens (tertiary/aromatic N) is 3. The highest BCUT2D eigenvalue weighted by molar-refractivity contribution is 5.76. The number of benzene rings is 1. The predicted octanol–water partition coefficient (Wildman–Crippen LogP) is 2.93. The number of aromatic nitrogens is 2. The minimum atomic E-state index is -0.234. The fourth-order valence-electron chi connectivity index (χ4n) is 3.07. The zero-order valence-corrected chi connectivity index (χ0v) is 13.1. The fraction of sp³-hybridized carbons (Fsp3) is 0.588. The van der Waals surface area contributed by atoms with Gasteiger partial charge >= 0.3 is 0 Å². The number of rotatable bonds is 8. The highest BCUT2D eigenvalue weighted by atomic mass is 19.1. The van der Waals surface area contributed by atoms with Gasteiger partial charge in [-0.2, -0.15) is 0 Å². The van der Waals surface area contributed by atoms with E-state index in [2.05, 4.69) is 21.4 Å². The Hall–Kier alpha value is -1.46. The van der Waals surface area contributed by atoms with Gasteiger partial charge in [-0.15, -0.1) is 0 Å². The van der Waals surface area contributed by atoms with Gasteiger partial charge in [-0.3, -0.25) is 4.90 Å². The summed E-state index contributed by atoms with van der Waals surface area (Å²) >= 11 is 0. The summed E-state index contributed by atoms with van der Waals surface area (Å²) < 4.78 is 15.6. The van der Waals surface area contributed by atoms with E-state index >= 15 is 0 Å². The lowest BCUT2D eigenvalue weighted by Crippen LogP contribution is -2.28. The lowest BCUT2D eigenvalue weighted by Gasteiger charge is -2.21. The molecule has 3 rings (SSSR count). The van der Waals surface area contributed by atoms with Gasteiger partial charge in [0, 0.05) is 25.3 Å². The van der Waals surface area contributed by atoms with Crippen LogP contribution in [0.1, 0.15) is 38.4 Å². The molecule has 0 amide bonds. The fourth-order valence-corrected chi connectivity index (χ4v) is 3.07. The van der Waals surface area contributed by atoms with Crippen molar-refractivity contribution in [1.29, 1.82) is 0 Å². The average molecular weight is 305 g/mol. The second-order valence-corrected chi connectivity index (χ2v) is 6.04. The summed E-state index contributed by atoms with van der Waals surface area (Å²) in [5.41, 5.74) is 1.74. The Labute approximate surface area is 130 Å².